The van der Waals surface area contributed by atoms with E-state index in [1.807, 2.05) is 6.92 Å². The van der Waals surface area contributed by atoms with Crippen LogP contribution in [0.3, 0.4) is 0 Å². The first-order valence-electron chi connectivity index (χ1n) is 4.90. The van der Waals surface area contributed by atoms with E-state index in [1.54, 1.807) is 0 Å². The predicted octanol–water partition coefficient (Wildman–Crippen LogP) is -0.630. The summed E-state index contributed by atoms with van der Waals surface area (Å²) in [5.41, 5.74) is 0. The van der Waals surface area contributed by atoms with Crippen LogP contribution in [0.4, 0.5) is 0 Å². The Bertz CT molecular complexity index is 164. The molecule has 1 saturated heterocycles. The summed E-state index contributed by atoms with van der Waals surface area (Å²) >= 11 is 0. The molecular formula is C9H19N3O. The molecule has 0 radical (unpaired) electrons. The first-order chi connectivity index (χ1) is 6.22. The zero-order valence-electron chi connectivity index (χ0n) is 8.55. The number of nitrogens with zero attached hydrogens (tertiary/aromatic N) is 2. The minimum absolute atomic E-state index is 0.145. The fraction of sp³-hybridized carbons (Fsp3) is 0.889. The Hall–Kier alpha value is -0.610. The smallest absolute Gasteiger partial charge is 0.234 e. The SMILES string of the molecule is CCNC(=O)CN1CCN(C)CC1. The minimum atomic E-state index is 0.145. The number of carbonyl (C=O) groups is 1. The molecule has 0 aliphatic carbocycles. The summed E-state index contributed by atoms with van der Waals surface area (Å²) in [7, 11) is 2.11. The highest BCUT2D eigenvalue weighted by Gasteiger charge is 2.15. The fourth-order valence-corrected chi connectivity index (χ4v) is 1.46. The standard InChI is InChI=1S/C9H19N3O/c1-3-10-9(13)8-12-6-4-11(2)5-7-12/h3-8H2,1-2H3,(H,10,13). The molecule has 0 spiro atoms. The molecule has 1 fully saturated rings. The van der Waals surface area contributed by atoms with E-state index in [2.05, 4.69) is 22.2 Å². The van der Waals surface area contributed by atoms with Gasteiger partial charge >= 0.3 is 0 Å². The van der Waals surface area contributed by atoms with Crippen LogP contribution in [-0.2, 0) is 4.79 Å². The highest BCUT2D eigenvalue weighted by Crippen LogP contribution is 1.97. The van der Waals surface area contributed by atoms with Gasteiger partial charge in [-0.05, 0) is 14.0 Å². The fourth-order valence-electron chi connectivity index (χ4n) is 1.46. The normalized spacial score (nSPS) is 20.2. The third kappa shape index (κ3) is 3.74. The third-order valence-electron chi connectivity index (χ3n) is 2.34. The van der Waals surface area contributed by atoms with Crippen molar-refractivity contribution in [2.24, 2.45) is 0 Å². The molecule has 76 valence electrons. The topological polar surface area (TPSA) is 35.6 Å². The average Bonchev–Trinajstić information content (AvgIpc) is 2.09. The Balaban J connectivity index is 2.18. The molecule has 0 aromatic carbocycles. The van der Waals surface area contributed by atoms with Crippen LogP contribution in [0.25, 0.3) is 0 Å². The van der Waals surface area contributed by atoms with E-state index in [0.29, 0.717) is 6.54 Å². The van der Waals surface area contributed by atoms with E-state index < -0.39 is 0 Å². The highest BCUT2D eigenvalue weighted by atomic mass is 16.2. The van der Waals surface area contributed by atoms with Gasteiger partial charge in [0, 0.05) is 32.7 Å². The summed E-state index contributed by atoms with van der Waals surface area (Å²) in [5.74, 6) is 0.145. The lowest BCUT2D eigenvalue weighted by Gasteiger charge is -2.31. The van der Waals surface area contributed by atoms with E-state index in [9.17, 15) is 4.79 Å². The maximum Gasteiger partial charge on any atom is 0.234 e. The van der Waals surface area contributed by atoms with Crippen molar-refractivity contribution in [1.82, 2.24) is 15.1 Å². The van der Waals surface area contributed by atoms with Crippen LogP contribution in [-0.4, -0.2) is 62.0 Å². The molecule has 1 N–H and O–H groups in total. The Morgan fingerprint density at radius 1 is 1.31 bits per heavy atom. The van der Waals surface area contributed by atoms with Gasteiger partial charge in [0.2, 0.25) is 5.91 Å². The molecule has 4 nitrogen and oxygen atoms in total. The van der Waals surface area contributed by atoms with Crippen molar-refractivity contribution in [3.05, 3.63) is 0 Å². The summed E-state index contributed by atoms with van der Waals surface area (Å²) in [6.07, 6.45) is 0. The molecule has 0 atom stereocenters. The van der Waals surface area contributed by atoms with Crippen LogP contribution in [0.15, 0.2) is 0 Å². The molecule has 1 heterocycles. The summed E-state index contributed by atoms with van der Waals surface area (Å²) in [6, 6.07) is 0. The lowest BCUT2D eigenvalue weighted by Crippen LogP contribution is -2.48. The van der Waals surface area contributed by atoms with Gasteiger partial charge in [-0.25, -0.2) is 0 Å². The van der Waals surface area contributed by atoms with E-state index in [1.165, 1.54) is 0 Å². The largest absolute Gasteiger partial charge is 0.355 e. The average molecular weight is 185 g/mol. The molecule has 0 unspecified atom stereocenters. The van der Waals surface area contributed by atoms with E-state index in [4.69, 9.17) is 0 Å². The number of rotatable bonds is 3. The quantitative estimate of drug-likeness (QED) is 0.636. The lowest BCUT2D eigenvalue weighted by atomic mass is 10.3. The van der Waals surface area contributed by atoms with Gasteiger partial charge in [-0.15, -0.1) is 0 Å². The Morgan fingerprint density at radius 3 is 2.46 bits per heavy atom. The Kier molecular flexibility index (Phi) is 4.18. The molecule has 1 aliphatic heterocycles. The van der Waals surface area contributed by atoms with Crippen molar-refractivity contribution >= 4 is 5.91 Å². The summed E-state index contributed by atoms with van der Waals surface area (Å²) in [5, 5.41) is 2.81. The maximum atomic E-state index is 11.2. The Labute approximate surface area is 79.9 Å². The first-order valence-corrected chi connectivity index (χ1v) is 4.90. The van der Waals surface area contributed by atoms with Crippen LogP contribution >= 0.6 is 0 Å². The zero-order chi connectivity index (χ0) is 9.68. The second-order valence-electron chi connectivity index (χ2n) is 3.53. The summed E-state index contributed by atoms with van der Waals surface area (Å²) in [6.45, 7) is 7.39. The van der Waals surface area contributed by atoms with E-state index in [-0.39, 0.29) is 5.91 Å². The minimum Gasteiger partial charge on any atom is -0.355 e. The van der Waals surface area contributed by atoms with E-state index >= 15 is 0 Å². The van der Waals surface area contributed by atoms with Crippen molar-refractivity contribution < 1.29 is 4.79 Å². The molecule has 13 heavy (non-hydrogen) atoms. The molecule has 1 aliphatic rings. The molecule has 1 amide bonds. The van der Waals surface area contributed by atoms with Gasteiger partial charge in [0.1, 0.15) is 0 Å². The number of carbonyl (C=O) groups excluding carboxylic acids is 1. The van der Waals surface area contributed by atoms with Gasteiger partial charge in [0.05, 0.1) is 6.54 Å². The van der Waals surface area contributed by atoms with Gasteiger partial charge in [-0.1, -0.05) is 0 Å². The van der Waals surface area contributed by atoms with Gasteiger partial charge in [-0.2, -0.15) is 0 Å². The van der Waals surface area contributed by atoms with Crippen LogP contribution in [0.1, 0.15) is 6.92 Å². The summed E-state index contributed by atoms with van der Waals surface area (Å²) in [4.78, 5) is 15.7. The number of amides is 1. The van der Waals surface area contributed by atoms with Crippen LogP contribution in [0, 0.1) is 0 Å². The summed E-state index contributed by atoms with van der Waals surface area (Å²) < 4.78 is 0. The van der Waals surface area contributed by atoms with Gasteiger partial charge in [-0.3, -0.25) is 9.69 Å². The van der Waals surface area contributed by atoms with Crippen molar-refractivity contribution in [3.63, 3.8) is 0 Å². The number of piperazine rings is 1. The third-order valence-corrected chi connectivity index (χ3v) is 2.34. The van der Waals surface area contributed by atoms with Crippen LogP contribution in [0.2, 0.25) is 0 Å². The predicted molar refractivity (Wildman–Crippen MR) is 52.6 cm³/mol. The first kappa shape index (κ1) is 10.5. The van der Waals surface area contributed by atoms with Crippen molar-refractivity contribution in [2.75, 3.05) is 46.3 Å². The second kappa shape index (κ2) is 5.19. The molecule has 0 saturated carbocycles. The van der Waals surface area contributed by atoms with E-state index in [0.717, 1.165) is 32.7 Å². The molecular weight excluding hydrogens is 166 g/mol. The van der Waals surface area contributed by atoms with Gasteiger partial charge in [0.25, 0.3) is 0 Å². The monoisotopic (exact) mass is 185 g/mol. The number of likely N-dealkylation sites (N-methyl/N-ethyl adjacent to an activating group) is 2. The zero-order valence-corrected chi connectivity index (χ0v) is 8.55. The second-order valence-corrected chi connectivity index (χ2v) is 3.53. The molecule has 0 aromatic rings. The highest BCUT2D eigenvalue weighted by molar-refractivity contribution is 5.77. The number of hydrogen-bond acceptors (Lipinski definition) is 3. The van der Waals surface area contributed by atoms with Crippen molar-refractivity contribution in [1.29, 1.82) is 0 Å². The Morgan fingerprint density at radius 2 is 1.92 bits per heavy atom. The van der Waals surface area contributed by atoms with Crippen molar-refractivity contribution in [2.45, 2.75) is 6.92 Å². The van der Waals surface area contributed by atoms with Crippen molar-refractivity contribution in [3.8, 4) is 0 Å². The molecule has 1 rings (SSSR count). The maximum absolute atomic E-state index is 11.2. The molecule has 0 bridgehead atoms. The number of hydrogen-bond donors (Lipinski definition) is 1. The van der Waals surface area contributed by atoms with Crippen LogP contribution < -0.4 is 5.32 Å². The van der Waals surface area contributed by atoms with Gasteiger partial charge in [0.15, 0.2) is 0 Å². The van der Waals surface area contributed by atoms with Crippen LogP contribution in [0.5, 0.6) is 0 Å². The number of nitrogens with one attached hydrogen (secondary N) is 1. The molecule has 4 heteroatoms. The van der Waals surface area contributed by atoms with Gasteiger partial charge < -0.3 is 10.2 Å². The lowest BCUT2D eigenvalue weighted by molar-refractivity contribution is -0.122. The molecule has 0 aromatic heterocycles.